The van der Waals surface area contributed by atoms with Gasteiger partial charge in [0, 0.05) is 6.42 Å². The normalized spacial score (nSPS) is 14.5. The standard InChI is InChI=1S/C18H16ClFN2O5S/c1-10(6-17(23)21-14-4-2-11(20)7-13(14)19)28(25,26)12-3-5-16-15(8-12)22-18(24)9-27-16/h2-5,7-8,10H,6,9H2,1H3,(H,21,23)(H,22,24). The van der Waals surface area contributed by atoms with Gasteiger partial charge < -0.3 is 15.4 Å². The van der Waals surface area contributed by atoms with Crippen LogP contribution in [0.1, 0.15) is 13.3 Å². The quantitative estimate of drug-likeness (QED) is 0.765. The average Bonchev–Trinajstić information content (AvgIpc) is 2.63. The number of anilines is 2. The third-order valence-electron chi connectivity index (χ3n) is 4.12. The van der Waals surface area contributed by atoms with Crippen LogP contribution in [-0.2, 0) is 19.4 Å². The number of amides is 2. The molecule has 2 aromatic carbocycles. The summed E-state index contributed by atoms with van der Waals surface area (Å²) in [5.41, 5.74) is 0.443. The zero-order chi connectivity index (χ0) is 20.5. The summed E-state index contributed by atoms with van der Waals surface area (Å²) in [6.45, 7) is 1.26. The van der Waals surface area contributed by atoms with Gasteiger partial charge in [0.2, 0.25) is 5.91 Å². The molecule has 1 aliphatic heterocycles. The summed E-state index contributed by atoms with van der Waals surface area (Å²) in [6.07, 6.45) is -0.337. The summed E-state index contributed by atoms with van der Waals surface area (Å²) >= 11 is 5.86. The van der Waals surface area contributed by atoms with Crippen LogP contribution in [0, 0.1) is 5.82 Å². The SMILES string of the molecule is CC(CC(=O)Nc1ccc(F)cc1Cl)S(=O)(=O)c1ccc2c(c1)NC(=O)CO2. The van der Waals surface area contributed by atoms with Crippen LogP contribution in [-0.4, -0.2) is 32.1 Å². The number of carbonyl (C=O) groups excluding carboxylic acids is 2. The van der Waals surface area contributed by atoms with Crippen molar-refractivity contribution in [3.63, 3.8) is 0 Å². The number of benzene rings is 2. The third kappa shape index (κ3) is 4.26. The van der Waals surface area contributed by atoms with Crippen LogP contribution in [0.25, 0.3) is 0 Å². The van der Waals surface area contributed by atoms with Gasteiger partial charge in [-0.2, -0.15) is 0 Å². The van der Waals surface area contributed by atoms with E-state index < -0.39 is 26.8 Å². The van der Waals surface area contributed by atoms with E-state index >= 15 is 0 Å². The molecule has 0 fully saturated rings. The summed E-state index contributed by atoms with van der Waals surface area (Å²) in [7, 11) is -3.85. The maximum atomic E-state index is 13.1. The number of hydrogen-bond acceptors (Lipinski definition) is 5. The van der Waals surface area contributed by atoms with Gasteiger partial charge in [-0.15, -0.1) is 0 Å². The Kier molecular flexibility index (Phi) is 5.57. The van der Waals surface area contributed by atoms with Crippen molar-refractivity contribution < 1.29 is 27.1 Å². The predicted octanol–water partition coefficient (Wildman–Crippen LogP) is 3.00. The molecule has 0 aromatic heterocycles. The highest BCUT2D eigenvalue weighted by Gasteiger charge is 2.28. The Labute approximate surface area is 165 Å². The van der Waals surface area contributed by atoms with Gasteiger partial charge in [0.25, 0.3) is 5.91 Å². The second kappa shape index (κ2) is 7.76. The molecule has 2 aromatic rings. The van der Waals surface area contributed by atoms with Crippen molar-refractivity contribution in [3.05, 3.63) is 47.2 Å². The summed E-state index contributed by atoms with van der Waals surface area (Å²) < 4.78 is 43.9. The van der Waals surface area contributed by atoms with E-state index in [1.165, 1.54) is 31.2 Å². The van der Waals surface area contributed by atoms with E-state index in [1.807, 2.05) is 0 Å². The maximum Gasteiger partial charge on any atom is 0.262 e. The molecule has 0 spiro atoms. The van der Waals surface area contributed by atoms with Gasteiger partial charge in [-0.25, -0.2) is 12.8 Å². The van der Waals surface area contributed by atoms with E-state index in [9.17, 15) is 22.4 Å². The Bertz CT molecular complexity index is 1060. The zero-order valence-electron chi connectivity index (χ0n) is 14.7. The van der Waals surface area contributed by atoms with Gasteiger partial charge in [-0.1, -0.05) is 11.6 Å². The van der Waals surface area contributed by atoms with Gasteiger partial charge in [0.1, 0.15) is 11.6 Å². The maximum absolute atomic E-state index is 13.1. The predicted molar refractivity (Wildman–Crippen MR) is 102 cm³/mol. The third-order valence-corrected chi connectivity index (χ3v) is 6.57. The van der Waals surface area contributed by atoms with Crippen molar-refractivity contribution in [3.8, 4) is 5.75 Å². The van der Waals surface area contributed by atoms with Crippen molar-refractivity contribution in [1.82, 2.24) is 0 Å². The van der Waals surface area contributed by atoms with Crippen LogP contribution in [0.4, 0.5) is 15.8 Å². The van der Waals surface area contributed by atoms with Crippen molar-refractivity contribution >= 4 is 44.6 Å². The lowest BCUT2D eigenvalue weighted by atomic mass is 10.2. The Morgan fingerprint density at radius 1 is 1.32 bits per heavy atom. The summed E-state index contributed by atoms with van der Waals surface area (Å²) in [4.78, 5) is 23.6. The molecule has 2 amide bonds. The van der Waals surface area contributed by atoms with Gasteiger partial charge >= 0.3 is 0 Å². The van der Waals surface area contributed by atoms with Crippen LogP contribution < -0.4 is 15.4 Å². The van der Waals surface area contributed by atoms with E-state index in [-0.39, 0.29) is 40.2 Å². The highest BCUT2D eigenvalue weighted by molar-refractivity contribution is 7.92. The number of sulfone groups is 1. The number of nitrogens with one attached hydrogen (secondary N) is 2. The van der Waals surface area contributed by atoms with Gasteiger partial charge in [-0.05, 0) is 43.3 Å². The molecule has 10 heteroatoms. The number of halogens is 2. The molecule has 0 radical (unpaired) electrons. The fraction of sp³-hybridized carbons (Fsp3) is 0.222. The molecule has 0 saturated heterocycles. The number of fused-ring (bicyclic) bond motifs is 1. The lowest BCUT2D eigenvalue weighted by molar-refractivity contribution is -0.118. The van der Waals surface area contributed by atoms with Crippen LogP contribution >= 0.6 is 11.6 Å². The highest BCUT2D eigenvalue weighted by Crippen LogP contribution is 2.32. The second-order valence-corrected chi connectivity index (χ2v) is 9.00. The summed E-state index contributed by atoms with van der Waals surface area (Å²) in [5.74, 6) is -1.15. The first-order valence-electron chi connectivity index (χ1n) is 8.22. The molecular formula is C18H16ClFN2O5S. The van der Waals surface area contributed by atoms with Crippen molar-refractivity contribution in [2.45, 2.75) is 23.5 Å². The van der Waals surface area contributed by atoms with Crippen LogP contribution in [0.2, 0.25) is 5.02 Å². The fourth-order valence-electron chi connectivity index (χ4n) is 2.63. The van der Waals surface area contributed by atoms with E-state index in [0.717, 1.165) is 12.1 Å². The minimum Gasteiger partial charge on any atom is -0.482 e. The van der Waals surface area contributed by atoms with Crippen molar-refractivity contribution in [2.24, 2.45) is 0 Å². The smallest absolute Gasteiger partial charge is 0.262 e. The summed E-state index contributed by atoms with van der Waals surface area (Å²) in [5, 5.41) is 3.97. The Morgan fingerprint density at radius 2 is 2.07 bits per heavy atom. The first-order valence-corrected chi connectivity index (χ1v) is 10.1. The second-order valence-electron chi connectivity index (χ2n) is 6.23. The number of ether oxygens (including phenoxy) is 1. The first-order chi connectivity index (χ1) is 13.2. The minimum absolute atomic E-state index is 0.00860. The van der Waals surface area contributed by atoms with E-state index in [1.54, 1.807) is 0 Å². The molecular weight excluding hydrogens is 411 g/mol. The molecule has 0 aliphatic carbocycles. The van der Waals surface area contributed by atoms with Gasteiger partial charge in [0.15, 0.2) is 16.4 Å². The zero-order valence-corrected chi connectivity index (χ0v) is 16.2. The van der Waals surface area contributed by atoms with Gasteiger partial charge in [-0.3, -0.25) is 9.59 Å². The lowest BCUT2D eigenvalue weighted by Crippen LogP contribution is -2.27. The van der Waals surface area contributed by atoms with Crippen LogP contribution in [0.15, 0.2) is 41.3 Å². The topological polar surface area (TPSA) is 102 Å². The van der Waals surface area contributed by atoms with Gasteiger partial charge in [0.05, 0.1) is 26.5 Å². The molecule has 0 bridgehead atoms. The van der Waals surface area contributed by atoms with Crippen molar-refractivity contribution in [1.29, 1.82) is 0 Å². The monoisotopic (exact) mass is 426 g/mol. The molecule has 2 N–H and O–H groups in total. The molecule has 28 heavy (non-hydrogen) atoms. The Balaban J connectivity index is 1.74. The molecule has 0 saturated carbocycles. The van der Waals surface area contributed by atoms with Crippen LogP contribution in [0.5, 0.6) is 5.75 Å². The fourth-order valence-corrected chi connectivity index (χ4v) is 4.22. The number of carbonyl (C=O) groups is 2. The molecule has 1 unspecified atom stereocenters. The lowest BCUT2D eigenvalue weighted by Gasteiger charge is -2.19. The first kappa shape index (κ1) is 20.1. The molecule has 1 atom stereocenters. The van der Waals surface area contributed by atoms with E-state index in [4.69, 9.17) is 16.3 Å². The molecule has 148 valence electrons. The molecule has 1 aliphatic rings. The number of hydrogen-bond donors (Lipinski definition) is 2. The molecule has 1 heterocycles. The number of rotatable bonds is 5. The molecule has 7 nitrogen and oxygen atoms in total. The average molecular weight is 427 g/mol. The largest absolute Gasteiger partial charge is 0.482 e. The highest BCUT2D eigenvalue weighted by atomic mass is 35.5. The van der Waals surface area contributed by atoms with E-state index in [2.05, 4.69) is 10.6 Å². The minimum atomic E-state index is -3.85. The summed E-state index contributed by atoms with van der Waals surface area (Å²) in [6, 6.07) is 7.57. The van der Waals surface area contributed by atoms with E-state index in [0.29, 0.717) is 5.75 Å². The Morgan fingerprint density at radius 3 is 2.79 bits per heavy atom. The molecule has 3 rings (SSSR count). The van der Waals surface area contributed by atoms with Crippen molar-refractivity contribution in [2.75, 3.05) is 17.2 Å². The Hall–Kier alpha value is -2.65. The van der Waals surface area contributed by atoms with Crippen LogP contribution in [0.3, 0.4) is 0 Å².